The van der Waals surface area contributed by atoms with Crippen LogP contribution in [0.5, 0.6) is 0 Å². The molecule has 2 heteroatoms. The molecule has 2 nitrogen and oxygen atoms in total. The first-order chi connectivity index (χ1) is 14.6. The largest absolute Gasteiger partial charge is 0.269 e. The number of rotatable bonds is 24. The lowest BCUT2D eigenvalue weighted by atomic mass is 9.99. The minimum absolute atomic E-state index is 0.736. The fourth-order valence-corrected chi connectivity index (χ4v) is 4.66. The maximum atomic E-state index is 6.33. The Hall–Kier alpha value is -0.0800. The zero-order chi connectivity index (χ0) is 22.3. The standard InChI is InChI=1S/C28H60N2/c1-5-7-9-11-13-15-17-19-21-23-27(3)25-30(29)26-28(4)24-22-20-18-16-14-12-10-8-6-2/h27-28H,5-26,29H2,1-4H3. The third-order valence-corrected chi connectivity index (χ3v) is 6.69. The van der Waals surface area contributed by atoms with Gasteiger partial charge in [-0.25, -0.2) is 5.01 Å². The van der Waals surface area contributed by atoms with Gasteiger partial charge in [0.05, 0.1) is 0 Å². The highest BCUT2D eigenvalue weighted by Crippen LogP contribution is 2.16. The third-order valence-electron chi connectivity index (χ3n) is 6.69. The van der Waals surface area contributed by atoms with Crippen molar-refractivity contribution in [2.45, 2.75) is 156 Å². The molecule has 0 radical (unpaired) electrons. The van der Waals surface area contributed by atoms with Crippen molar-refractivity contribution in [2.24, 2.45) is 17.7 Å². The lowest BCUT2D eigenvalue weighted by Crippen LogP contribution is -2.38. The predicted octanol–water partition coefficient (Wildman–Crippen LogP) is 9.28. The van der Waals surface area contributed by atoms with E-state index in [0.29, 0.717) is 0 Å². The van der Waals surface area contributed by atoms with Crippen LogP contribution in [0, 0.1) is 11.8 Å². The summed E-state index contributed by atoms with van der Waals surface area (Å²) in [5.41, 5.74) is 0. The van der Waals surface area contributed by atoms with Gasteiger partial charge in [-0.2, -0.15) is 0 Å². The number of hydrazine groups is 1. The van der Waals surface area contributed by atoms with E-state index >= 15 is 0 Å². The third kappa shape index (κ3) is 22.6. The van der Waals surface area contributed by atoms with Crippen molar-refractivity contribution in [3.63, 3.8) is 0 Å². The Morgan fingerprint density at radius 1 is 0.467 bits per heavy atom. The van der Waals surface area contributed by atoms with Gasteiger partial charge in [-0.1, -0.05) is 143 Å². The molecule has 0 aromatic rings. The van der Waals surface area contributed by atoms with Gasteiger partial charge >= 0.3 is 0 Å². The van der Waals surface area contributed by atoms with Gasteiger partial charge in [0.25, 0.3) is 0 Å². The lowest BCUT2D eigenvalue weighted by molar-refractivity contribution is 0.201. The van der Waals surface area contributed by atoms with E-state index in [0.717, 1.165) is 24.9 Å². The highest BCUT2D eigenvalue weighted by molar-refractivity contribution is 4.63. The zero-order valence-electron chi connectivity index (χ0n) is 21.7. The zero-order valence-corrected chi connectivity index (χ0v) is 21.7. The Balaban J connectivity index is 3.46. The summed E-state index contributed by atoms with van der Waals surface area (Å²) in [6.45, 7) is 11.5. The molecule has 2 atom stereocenters. The highest BCUT2D eigenvalue weighted by atomic mass is 15.4. The summed E-state index contributed by atoms with van der Waals surface area (Å²) in [5, 5.41) is 2.11. The van der Waals surface area contributed by atoms with E-state index in [9.17, 15) is 0 Å². The second kappa shape index (κ2) is 23.6. The first kappa shape index (κ1) is 29.9. The van der Waals surface area contributed by atoms with Crippen LogP contribution in [0.3, 0.4) is 0 Å². The maximum absolute atomic E-state index is 6.33. The smallest absolute Gasteiger partial charge is 0.0154 e. The molecule has 30 heavy (non-hydrogen) atoms. The van der Waals surface area contributed by atoms with Gasteiger partial charge in [-0.15, -0.1) is 0 Å². The van der Waals surface area contributed by atoms with Crippen LogP contribution >= 0.6 is 0 Å². The van der Waals surface area contributed by atoms with E-state index in [2.05, 4.69) is 32.7 Å². The Bertz CT molecular complexity index is 288. The average molecular weight is 425 g/mol. The summed E-state index contributed by atoms with van der Waals surface area (Å²) in [6.07, 6.45) is 28.3. The van der Waals surface area contributed by atoms with Crippen LogP contribution in [0.4, 0.5) is 0 Å². The van der Waals surface area contributed by atoms with Crippen LogP contribution in [0.15, 0.2) is 0 Å². The Morgan fingerprint density at radius 3 is 1.03 bits per heavy atom. The number of nitrogens with zero attached hydrogens (tertiary/aromatic N) is 1. The normalized spacial score (nSPS) is 13.8. The molecule has 0 bridgehead atoms. The highest BCUT2D eigenvalue weighted by Gasteiger charge is 2.10. The average Bonchev–Trinajstić information content (AvgIpc) is 2.71. The van der Waals surface area contributed by atoms with Gasteiger partial charge in [0.1, 0.15) is 0 Å². The van der Waals surface area contributed by atoms with Gasteiger partial charge in [-0.3, -0.25) is 5.84 Å². The second-order valence-corrected chi connectivity index (χ2v) is 10.4. The fourth-order valence-electron chi connectivity index (χ4n) is 4.66. The Morgan fingerprint density at radius 2 is 0.733 bits per heavy atom. The Kier molecular flexibility index (Phi) is 23.5. The van der Waals surface area contributed by atoms with E-state index in [1.807, 2.05) is 0 Å². The summed E-state index contributed by atoms with van der Waals surface area (Å²) >= 11 is 0. The van der Waals surface area contributed by atoms with E-state index in [1.54, 1.807) is 0 Å². The first-order valence-corrected chi connectivity index (χ1v) is 14.1. The number of hydrogen-bond acceptors (Lipinski definition) is 2. The molecule has 0 saturated heterocycles. The van der Waals surface area contributed by atoms with Crippen molar-refractivity contribution in [2.75, 3.05) is 13.1 Å². The topological polar surface area (TPSA) is 29.3 Å². The van der Waals surface area contributed by atoms with Crippen LogP contribution in [0.25, 0.3) is 0 Å². The molecule has 0 saturated carbocycles. The van der Waals surface area contributed by atoms with Crippen molar-refractivity contribution in [1.29, 1.82) is 0 Å². The van der Waals surface area contributed by atoms with Crippen LogP contribution in [-0.4, -0.2) is 18.1 Å². The molecular weight excluding hydrogens is 364 g/mol. The van der Waals surface area contributed by atoms with Crippen LogP contribution in [0.1, 0.15) is 156 Å². The van der Waals surface area contributed by atoms with Gasteiger partial charge in [0, 0.05) is 13.1 Å². The van der Waals surface area contributed by atoms with Gasteiger partial charge < -0.3 is 0 Å². The number of nitrogens with two attached hydrogens (primary N) is 1. The molecule has 0 heterocycles. The SMILES string of the molecule is CCCCCCCCCCCC(C)CN(N)CC(C)CCCCCCCCCCC. The quantitative estimate of drug-likeness (QED) is 0.0949. The van der Waals surface area contributed by atoms with Gasteiger partial charge in [-0.05, 0) is 24.7 Å². The molecule has 0 aliphatic heterocycles. The number of hydrogen-bond donors (Lipinski definition) is 1. The molecule has 0 aromatic heterocycles. The summed E-state index contributed by atoms with van der Waals surface area (Å²) in [4.78, 5) is 0. The predicted molar refractivity (Wildman–Crippen MR) is 138 cm³/mol. The molecular formula is C28H60N2. The molecule has 0 aliphatic carbocycles. The molecule has 0 rings (SSSR count). The molecule has 0 fully saturated rings. The summed E-state index contributed by atoms with van der Waals surface area (Å²) < 4.78 is 0. The van der Waals surface area contributed by atoms with Crippen molar-refractivity contribution in [1.82, 2.24) is 5.01 Å². The van der Waals surface area contributed by atoms with Gasteiger partial charge in [0.2, 0.25) is 0 Å². The lowest BCUT2D eigenvalue weighted by Gasteiger charge is -2.24. The summed E-state index contributed by atoms with van der Waals surface area (Å²) in [6, 6.07) is 0. The van der Waals surface area contributed by atoms with E-state index in [-0.39, 0.29) is 0 Å². The first-order valence-electron chi connectivity index (χ1n) is 14.1. The van der Waals surface area contributed by atoms with Gasteiger partial charge in [0.15, 0.2) is 0 Å². The van der Waals surface area contributed by atoms with Crippen LogP contribution in [-0.2, 0) is 0 Å². The van der Waals surface area contributed by atoms with E-state index in [1.165, 1.54) is 128 Å². The maximum Gasteiger partial charge on any atom is 0.0154 e. The molecule has 2 unspecified atom stereocenters. The minimum Gasteiger partial charge on any atom is -0.269 e. The van der Waals surface area contributed by atoms with Crippen molar-refractivity contribution >= 4 is 0 Å². The minimum atomic E-state index is 0.736. The molecule has 2 N–H and O–H groups in total. The second-order valence-electron chi connectivity index (χ2n) is 10.4. The van der Waals surface area contributed by atoms with Crippen molar-refractivity contribution in [3.05, 3.63) is 0 Å². The van der Waals surface area contributed by atoms with Crippen LogP contribution in [0.2, 0.25) is 0 Å². The molecule has 182 valence electrons. The summed E-state index contributed by atoms with van der Waals surface area (Å²) in [5.74, 6) is 7.80. The molecule has 0 aliphatic rings. The molecule has 0 aromatic carbocycles. The Labute approximate surface area is 192 Å². The summed E-state index contributed by atoms with van der Waals surface area (Å²) in [7, 11) is 0. The fraction of sp³-hybridized carbons (Fsp3) is 1.00. The molecule has 0 amide bonds. The number of unbranched alkanes of at least 4 members (excludes halogenated alkanes) is 16. The van der Waals surface area contributed by atoms with Crippen molar-refractivity contribution < 1.29 is 0 Å². The van der Waals surface area contributed by atoms with Crippen molar-refractivity contribution in [3.8, 4) is 0 Å². The molecule has 0 spiro atoms. The van der Waals surface area contributed by atoms with E-state index in [4.69, 9.17) is 5.84 Å². The monoisotopic (exact) mass is 424 g/mol. The van der Waals surface area contributed by atoms with E-state index < -0.39 is 0 Å². The van der Waals surface area contributed by atoms with Crippen LogP contribution < -0.4 is 5.84 Å².